The Hall–Kier alpha value is 0.916. The van der Waals surface area contributed by atoms with Gasteiger partial charge in [-0.25, -0.2) is 0 Å². The zero-order valence-electron chi connectivity index (χ0n) is 14.4. The monoisotopic (exact) mass is 335 g/mol. The molecule has 0 fully saturated rings. The SMILES string of the molecule is CC(C)=CCC/C(C)=C/CC/C(C)=C/CCC[P+](=O)[O-].[K+]. The van der Waals surface area contributed by atoms with Crippen molar-refractivity contribution in [2.24, 2.45) is 0 Å². The molecule has 0 heterocycles. The first-order valence-electron chi connectivity index (χ1n) is 7.48. The molecule has 0 aromatic carbocycles. The summed E-state index contributed by atoms with van der Waals surface area (Å²) in [5.74, 6) is 0. The molecule has 0 rings (SSSR count). The third-order valence-electron chi connectivity index (χ3n) is 3.16. The average Bonchev–Trinajstić information content (AvgIpc) is 2.34. The first kappa shape index (κ1) is 24.2. The number of hydrogen-bond donors (Lipinski definition) is 0. The maximum Gasteiger partial charge on any atom is 1.00 e. The van der Waals surface area contributed by atoms with E-state index in [1.165, 1.54) is 16.7 Å². The van der Waals surface area contributed by atoms with Crippen LogP contribution in [0.5, 0.6) is 0 Å². The second-order valence-corrected chi connectivity index (χ2v) is 6.77. The molecule has 0 saturated carbocycles. The molecule has 0 radical (unpaired) electrons. The molecule has 0 aliphatic rings. The van der Waals surface area contributed by atoms with Gasteiger partial charge in [-0.2, -0.15) is 0 Å². The number of rotatable bonds is 10. The molecule has 0 aromatic heterocycles. The predicted molar refractivity (Wildman–Crippen MR) is 87.1 cm³/mol. The molecule has 2 nitrogen and oxygen atoms in total. The van der Waals surface area contributed by atoms with Gasteiger partial charge in [0.2, 0.25) is 0 Å². The molecular formula is C17H29KO2P+. The summed E-state index contributed by atoms with van der Waals surface area (Å²) >= 11 is 0. The summed E-state index contributed by atoms with van der Waals surface area (Å²) in [6, 6.07) is 0. The van der Waals surface area contributed by atoms with Gasteiger partial charge in [0.05, 0.1) is 0 Å². The van der Waals surface area contributed by atoms with Crippen LogP contribution in [-0.2, 0) is 4.57 Å². The minimum absolute atomic E-state index is 0. The van der Waals surface area contributed by atoms with E-state index in [2.05, 4.69) is 45.9 Å². The van der Waals surface area contributed by atoms with E-state index in [1.54, 1.807) is 0 Å². The van der Waals surface area contributed by atoms with Crippen LogP contribution in [0.15, 0.2) is 34.9 Å². The molecule has 4 heteroatoms. The van der Waals surface area contributed by atoms with Crippen molar-refractivity contribution in [2.45, 2.75) is 66.2 Å². The van der Waals surface area contributed by atoms with E-state index < -0.39 is 8.03 Å². The third kappa shape index (κ3) is 18.9. The number of unbranched alkanes of at least 4 members (excludes halogenated alkanes) is 1. The van der Waals surface area contributed by atoms with E-state index in [4.69, 9.17) is 0 Å². The van der Waals surface area contributed by atoms with E-state index in [9.17, 15) is 9.46 Å². The van der Waals surface area contributed by atoms with Crippen LogP contribution in [0.1, 0.15) is 66.2 Å². The Kier molecular flexibility index (Phi) is 18.2. The molecule has 0 aromatic rings. The molecule has 0 amide bonds. The summed E-state index contributed by atoms with van der Waals surface area (Å²) in [4.78, 5) is 10.4. The summed E-state index contributed by atoms with van der Waals surface area (Å²) in [6.45, 7) is 8.60. The van der Waals surface area contributed by atoms with Crippen molar-refractivity contribution in [2.75, 3.05) is 6.16 Å². The maximum atomic E-state index is 10.4. The van der Waals surface area contributed by atoms with Crippen LogP contribution >= 0.6 is 8.03 Å². The van der Waals surface area contributed by atoms with Crippen molar-refractivity contribution >= 4 is 8.03 Å². The van der Waals surface area contributed by atoms with Gasteiger partial charge < -0.3 is 4.89 Å². The van der Waals surface area contributed by atoms with E-state index >= 15 is 0 Å². The van der Waals surface area contributed by atoms with Crippen molar-refractivity contribution in [1.82, 2.24) is 0 Å². The van der Waals surface area contributed by atoms with E-state index in [0.29, 0.717) is 6.16 Å². The minimum atomic E-state index is -2.21. The van der Waals surface area contributed by atoms with Gasteiger partial charge in [-0.05, 0) is 66.2 Å². The minimum Gasteiger partial charge on any atom is -0.596 e. The van der Waals surface area contributed by atoms with Crippen LogP contribution in [-0.4, -0.2) is 6.16 Å². The van der Waals surface area contributed by atoms with E-state index in [0.717, 1.165) is 38.5 Å². The molecule has 114 valence electrons. The Labute approximate surface area is 174 Å². The average molecular weight is 335 g/mol. The Morgan fingerprint density at radius 1 is 0.905 bits per heavy atom. The van der Waals surface area contributed by atoms with Gasteiger partial charge in [-0.15, -0.1) is 0 Å². The third-order valence-corrected chi connectivity index (χ3v) is 3.84. The number of hydrogen-bond acceptors (Lipinski definition) is 2. The zero-order chi connectivity index (χ0) is 15.4. The van der Waals surface area contributed by atoms with Gasteiger partial charge in [-0.1, -0.05) is 39.5 Å². The van der Waals surface area contributed by atoms with Crippen molar-refractivity contribution in [3.05, 3.63) is 34.9 Å². The topological polar surface area (TPSA) is 40.1 Å². The Morgan fingerprint density at radius 2 is 1.38 bits per heavy atom. The molecule has 1 atom stereocenters. The second-order valence-electron chi connectivity index (χ2n) is 5.66. The zero-order valence-corrected chi connectivity index (χ0v) is 18.5. The number of allylic oxidation sites excluding steroid dienone is 6. The van der Waals surface area contributed by atoms with Crippen LogP contribution in [0.4, 0.5) is 0 Å². The quantitative estimate of drug-likeness (QED) is 0.266. The molecule has 0 saturated heterocycles. The molecule has 21 heavy (non-hydrogen) atoms. The van der Waals surface area contributed by atoms with Gasteiger partial charge in [0.15, 0.2) is 0 Å². The van der Waals surface area contributed by atoms with E-state index in [1.807, 2.05) is 0 Å². The molecule has 0 aliphatic heterocycles. The molecule has 0 spiro atoms. The smallest absolute Gasteiger partial charge is 0.596 e. The molecular weight excluding hydrogens is 306 g/mol. The second kappa shape index (κ2) is 15.8. The maximum absolute atomic E-state index is 10.4. The summed E-state index contributed by atoms with van der Waals surface area (Å²) in [5.41, 5.74) is 4.20. The fraction of sp³-hybridized carbons (Fsp3) is 0.647. The van der Waals surface area contributed by atoms with Crippen molar-refractivity contribution < 1.29 is 60.8 Å². The first-order chi connectivity index (χ1) is 9.41. The fourth-order valence-electron chi connectivity index (χ4n) is 1.91. The largest absolute Gasteiger partial charge is 1.00 e. The summed E-state index contributed by atoms with van der Waals surface area (Å²) in [5, 5.41) is 0. The normalized spacial score (nSPS) is 12.7. The van der Waals surface area contributed by atoms with Crippen molar-refractivity contribution in [3.63, 3.8) is 0 Å². The Bertz CT molecular complexity index is 380. The van der Waals surface area contributed by atoms with Gasteiger partial charge in [0.1, 0.15) is 6.16 Å². The van der Waals surface area contributed by atoms with Gasteiger partial charge in [0, 0.05) is 0 Å². The Morgan fingerprint density at radius 3 is 1.86 bits per heavy atom. The van der Waals surface area contributed by atoms with Crippen LogP contribution in [0.25, 0.3) is 0 Å². The summed E-state index contributed by atoms with van der Waals surface area (Å²) in [7, 11) is -2.21. The van der Waals surface area contributed by atoms with Crippen LogP contribution in [0, 0.1) is 0 Å². The van der Waals surface area contributed by atoms with Gasteiger partial charge in [-0.3, -0.25) is 0 Å². The molecule has 0 bridgehead atoms. The van der Waals surface area contributed by atoms with Crippen molar-refractivity contribution in [1.29, 1.82) is 0 Å². The first-order valence-corrected chi connectivity index (χ1v) is 8.84. The van der Waals surface area contributed by atoms with Crippen LogP contribution in [0.2, 0.25) is 0 Å². The molecule has 0 aliphatic carbocycles. The van der Waals surface area contributed by atoms with E-state index in [-0.39, 0.29) is 51.4 Å². The summed E-state index contributed by atoms with van der Waals surface area (Å²) < 4.78 is 10.4. The Balaban J connectivity index is 0. The van der Waals surface area contributed by atoms with Crippen LogP contribution < -0.4 is 56.3 Å². The summed E-state index contributed by atoms with van der Waals surface area (Å²) in [6.07, 6.45) is 13.1. The van der Waals surface area contributed by atoms with Crippen LogP contribution in [0.3, 0.4) is 0 Å². The fourth-order valence-corrected chi connectivity index (χ4v) is 2.35. The molecule has 0 N–H and O–H groups in total. The van der Waals surface area contributed by atoms with Crippen molar-refractivity contribution in [3.8, 4) is 0 Å². The standard InChI is InChI=1S/C17H29O2P.K/c1-15(2)9-7-11-17(4)13-8-12-16(3)10-5-6-14-20(18)19;/h9-10,13H,5-8,11-12,14H2,1-4H3;/q;+1/b16-10+,17-13+;. The van der Waals surface area contributed by atoms with Gasteiger partial charge >= 0.3 is 59.4 Å². The predicted octanol–water partition coefficient (Wildman–Crippen LogP) is 2.29. The molecule has 1 unspecified atom stereocenters. The van der Waals surface area contributed by atoms with Gasteiger partial charge in [0.25, 0.3) is 0 Å².